The smallest absolute Gasteiger partial charge is 0.337 e. The van der Waals surface area contributed by atoms with E-state index in [2.05, 4.69) is 12.1 Å². The summed E-state index contributed by atoms with van der Waals surface area (Å²) in [5, 5.41) is 18.7. The molecule has 0 aliphatic carbocycles. The Labute approximate surface area is 167 Å². The number of nitriles is 1. The highest BCUT2D eigenvalue weighted by molar-refractivity contribution is 5.89. The molecule has 1 N–H and O–H groups in total. The molecule has 0 bridgehead atoms. The second-order valence-electron chi connectivity index (χ2n) is 6.81. The van der Waals surface area contributed by atoms with Crippen molar-refractivity contribution in [3.8, 4) is 11.8 Å². The van der Waals surface area contributed by atoms with Crippen LogP contribution in [-0.2, 0) is 11.2 Å². The van der Waals surface area contributed by atoms with Crippen LogP contribution in [-0.4, -0.2) is 18.2 Å². The molecular weight excluding hydrogens is 350 g/mol. The number of nitrogens with zero attached hydrogens (tertiary/aromatic N) is 1. The molecule has 0 radical (unpaired) electrons. The predicted octanol–water partition coefficient (Wildman–Crippen LogP) is 5.52. The molecule has 1 atom stereocenters. The second-order valence-corrected chi connectivity index (χ2v) is 6.81. The molecule has 0 aromatic heterocycles. The van der Waals surface area contributed by atoms with Crippen molar-refractivity contribution in [1.29, 1.82) is 5.26 Å². The molecule has 0 heterocycles. The Balaban J connectivity index is 1.99. The van der Waals surface area contributed by atoms with Crippen molar-refractivity contribution < 1.29 is 14.6 Å². The predicted molar refractivity (Wildman–Crippen MR) is 111 cm³/mol. The number of rotatable bonds is 10. The molecule has 1 unspecified atom stereocenters. The SMILES string of the molecule is COC(=O)c1ccc(CCC(C=Cc2ccccc2O)CCCCC#N)cc1. The molecule has 2 rings (SSSR count). The van der Waals surface area contributed by atoms with Crippen LogP contribution >= 0.6 is 0 Å². The number of aromatic hydroxyl groups is 1. The number of para-hydroxylation sites is 1. The van der Waals surface area contributed by atoms with Crippen LogP contribution in [0.5, 0.6) is 5.75 Å². The van der Waals surface area contributed by atoms with Crippen LogP contribution < -0.4 is 0 Å². The standard InChI is InChI=1S/C24H27NO3/c1-28-24(27)22-16-13-20(14-17-22)11-10-19(7-3-2-6-18-25)12-15-21-8-4-5-9-23(21)26/h4-5,8-9,12-17,19,26H,2-3,6-7,10-11H2,1H3. The zero-order valence-electron chi connectivity index (χ0n) is 16.3. The number of ether oxygens (including phenoxy) is 1. The van der Waals surface area contributed by atoms with Gasteiger partial charge in [-0.1, -0.05) is 48.9 Å². The highest BCUT2D eigenvalue weighted by Crippen LogP contribution is 2.23. The summed E-state index contributed by atoms with van der Waals surface area (Å²) in [6, 6.07) is 17.0. The van der Waals surface area contributed by atoms with E-state index in [-0.39, 0.29) is 11.7 Å². The van der Waals surface area contributed by atoms with Crippen LogP contribution in [0.1, 0.15) is 53.6 Å². The molecule has 0 fully saturated rings. The first kappa shape index (κ1) is 21.2. The van der Waals surface area contributed by atoms with Gasteiger partial charge in [-0.2, -0.15) is 5.26 Å². The third-order valence-corrected chi connectivity index (χ3v) is 4.78. The van der Waals surface area contributed by atoms with E-state index >= 15 is 0 Å². The number of benzene rings is 2. The van der Waals surface area contributed by atoms with E-state index in [1.54, 1.807) is 18.2 Å². The van der Waals surface area contributed by atoms with Crippen LogP contribution in [0.4, 0.5) is 0 Å². The number of hydrogen-bond acceptors (Lipinski definition) is 4. The average Bonchev–Trinajstić information content (AvgIpc) is 2.73. The lowest BCUT2D eigenvalue weighted by Crippen LogP contribution is -2.02. The van der Waals surface area contributed by atoms with Crippen LogP contribution in [0, 0.1) is 17.2 Å². The molecule has 2 aromatic carbocycles. The number of hydrogen-bond donors (Lipinski definition) is 1. The number of phenols is 1. The maximum atomic E-state index is 11.5. The number of allylic oxidation sites excluding steroid dienone is 1. The largest absolute Gasteiger partial charge is 0.507 e. The van der Waals surface area contributed by atoms with Gasteiger partial charge >= 0.3 is 5.97 Å². The number of phenolic OH excluding ortho intramolecular Hbond substituents is 1. The quantitative estimate of drug-likeness (QED) is 0.437. The van der Waals surface area contributed by atoms with Crippen LogP contribution in [0.15, 0.2) is 54.6 Å². The Morgan fingerprint density at radius 3 is 2.57 bits per heavy atom. The van der Waals surface area contributed by atoms with Gasteiger partial charge in [-0.25, -0.2) is 4.79 Å². The average molecular weight is 377 g/mol. The van der Waals surface area contributed by atoms with Crippen LogP contribution in [0.25, 0.3) is 6.08 Å². The Morgan fingerprint density at radius 1 is 1.14 bits per heavy atom. The third kappa shape index (κ3) is 6.92. The van der Waals surface area contributed by atoms with Gasteiger partial charge in [-0.3, -0.25) is 0 Å². The summed E-state index contributed by atoms with van der Waals surface area (Å²) in [7, 11) is 1.38. The third-order valence-electron chi connectivity index (χ3n) is 4.78. The van der Waals surface area contributed by atoms with Gasteiger partial charge in [0.05, 0.1) is 18.7 Å². The molecule has 4 nitrogen and oxygen atoms in total. The monoisotopic (exact) mass is 377 g/mol. The van der Waals surface area contributed by atoms with Crippen molar-refractivity contribution in [1.82, 2.24) is 0 Å². The lowest BCUT2D eigenvalue weighted by atomic mass is 9.92. The first-order valence-electron chi connectivity index (χ1n) is 9.64. The highest BCUT2D eigenvalue weighted by atomic mass is 16.5. The summed E-state index contributed by atoms with van der Waals surface area (Å²) in [6.07, 6.45) is 9.51. The summed E-state index contributed by atoms with van der Waals surface area (Å²) in [6.45, 7) is 0. The maximum Gasteiger partial charge on any atom is 0.337 e. The van der Waals surface area contributed by atoms with Crippen molar-refractivity contribution in [2.75, 3.05) is 7.11 Å². The molecular formula is C24H27NO3. The van der Waals surface area contributed by atoms with Crippen molar-refractivity contribution in [3.05, 3.63) is 71.3 Å². The normalized spacial score (nSPS) is 11.9. The summed E-state index contributed by atoms with van der Waals surface area (Å²) in [5.41, 5.74) is 2.54. The topological polar surface area (TPSA) is 70.3 Å². The van der Waals surface area contributed by atoms with Gasteiger partial charge in [-0.15, -0.1) is 0 Å². The van der Waals surface area contributed by atoms with Gasteiger partial charge in [-0.05, 0) is 55.4 Å². The van der Waals surface area contributed by atoms with Crippen molar-refractivity contribution in [3.63, 3.8) is 0 Å². The summed E-state index contributed by atoms with van der Waals surface area (Å²) < 4.78 is 4.73. The first-order chi connectivity index (χ1) is 13.6. The van der Waals surface area contributed by atoms with Gasteiger partial charge < -0.3 is 9.84 Å². The van der Waals surface area contributed by atoms with E-state index in [4.69, 9.17) is 10.00 Å². The summed E-state index contributed by atoms with van der Waals surface area (Å²) in [5.74, 6) is 0.312. The van der Waals surface area contributed by atoms with Crippen LogP contribution in [0.2, 0.25) is 0 Å². The molecule has 0 spiro atoms. The molecule has 0 amide bonds. The molecule has 0 aliphatic rings. The van der Waals surface area contributed by atoms with Gasteiger partial charge in [0.15, 0.2) is 0 Å². The Hall–Kier alpha value is -3.06. The molecule has 0 saturated heterocycles. The minimum Gasteiger partial charge on any atom is -0.507 e. The number of carbonyl (C=O) groups is 1. The molecule has 146 valence electrons. The maximum absolute atomic E-state index is 11.5. The Bertz CT molecular complexity index is 818. The fraction of sp³-hybridized carbons (Fsp3) is 0.333. The van der Waals surface area contributed by atoms with E-state index in [0.717, 1.165) is 37.7 Å². The fourth-order valence-electron chi connectivity index (χ4n) is 3.09. The molecule has 0 saturated carbocycles. The molecule has 28 heavy (non-hydrogen) atoms. The lowest BCUT2D eigenvalue weighted by Gasteiger charge is -2.13. The zero-order chi connectivity index (χ0) is 20.2. The van der Waals surface area contributed by atoms with Gasteiger partial charge in [0.25, 0.3) is 0 Å². The minimum absolute atomic E-state index is 0.278. The molecule has 2 aromatic rings. The van der Waals surface area contributed by atoms with E-state index in [9.17, 15) is 9.90 Å². The number of aryl methyl sites for hydroxylation is 1. The van der Waals surface area contributed by atoms with Crippen molar-refractivity contribution in [2.45, 2.75) is 38.5 Å². The van der Waals surface area contributed by atoms with Crippen molar-refractivity contribution >= 4 is 12.0 Å². The van der Waals surface area contributed by atoms with Gasteiger partial charge in [0.2, 0.25) is 0 Å². The number of esters is 1. The first-order valence-corrected chi connectivity index (χ1v) is 9.64. The lowest BCUT2D eigenvalue weighted by molar-refractivity contribution is 0.0600. The fourth-order valence-corrected chi connectivity index (χ4v) is 3.09. The number of methoxy groups -OCH3 is 1. The zero-order valence-corrected chi connectivity index (χ0v) is 16.3. The van der Waals surface area contributed by atoms with E-state index in [1.807, 2.05) is 36.4 Å². The Kier molecular flexibility index (Phi) is 8.81. The van der Waals surface area contributed by atoms with E-state index < -0.39 is 0 Å². The summed E-state index contributed by atoms with van der Waals surface area (Å²) in [4.78, 5) is 11.5. The van der Waals surface area contributed by atoms with E-state index in [1.165, 1.54) is 12.7 Å². The van der Waals surface area contributed by atoms with Gasteiger partial charge in [0.1, 0.15) is 5.75 Å². The highest BCUT2D eigenvalue weighted by Gasteiger charge is 2.08. The molecule has 0 aliphatic heterocycles. The van der Waals surface area contributed by atoms with E-state index in [0.29, 0.717) is 17.9 Å². The second kappa shape index (κ2) is 11.6. The van der Waals surface area contributed by atoms with Crippen LogP contribution in [0.3, 0.4) is 0 Å². The Morgan fingerprint density at radius 2 is 1.89 bits per heavy atom. The van der Waals surface area contributed by atoms with Gasteiger partial charge in [0, 0.05) is 12.0 Å². The summed E-state index contributed by atoms with van der Waals surface area (Å²) >= 11 is 0. The van der Waals surface area contributed by atoms with Crippen molar-refractivity contribution in [2.24, 2.45) is 5.92 Å². The molecule has 4 heteroatoms. The minimum atomic E-state index is -0.326. The number of unbranched alkanes of at least 4 members (excludes halogenated alkanes) is 2. The number of carbonyl (C=O) groups excluding carboxylic acids is 1.